The van der Waals surface area contributed by atoms with E-state index in [1.807, 2.05) is 75.4 Å². The molecular formula is C26H31BrN2O3. The number of rotatable bonds is 7. The molecule has 0 bridgehead atoms. The molecule has 2 fully saturated rings. The van der Waals surface area contributed by atoms with Gasteiger partial charge in [0.1, 0.15) is 5.60 Å². The summed E-state index contributed by atoms with van der Waals surface area (Å²) in [5.41, 5.74) is 0.747. The summed E-state index contributed by atoms with van der Waals surface area (Å²) < 4.78 is 7.27. The van der Waals surface area contributed by atoms with E-state index in [1.54, 1.807) is 4.90 Å². The molecule has 2 aromatic rings. The van der Waals surface area contributed by atoms with E-state index in [0.29, 0.717) is 19.4 Å². The quantitative estimate of drug-likeness (QED) is 0.513. The van der Waals surface area contributed by atoms with E-state index >= 15 is 0 Å². The molecule has 1 N–H and O–H groups in total. The molecule has 2 aromatic carbocycles. The van der Waals surface area contributed by atoms with Crippen LogP contribution in [0.4, 0.5) is 4.79 Å². The zero-order valence-electron chi connectivity index (χ0n) is 18.9. The Balaban J connectivity index is 1.56. The van der Waals surface area contributed by atoms with Crippen molar-refractivity contribution in [2.24, 2.45) is 5.92 Å². The van der Waals surface area contributed by atoms with Gasteiger partial charge < -0.3 is 15.0 Å². The van der Waals surface area contributed by atoms with Crippen molar-refractivity contribution in [3.05, 3.63) is 70.2 Å². The highest BCUT2D eigenvalue weighted by molar-refractivity contribution is 9.10. The van der Waals surface area contributed by atoms with Crippen molar-refractivity contribution < 1.29 is 14.3 Å². The van der Waals surface area contributed by atoms with Crippen LogP contribution in [0.5, 0.6) is 0 Å². The molecule has 4 rings (SSSR count). The lowest BCUT2D eigenvalue weighted by Crippen LogP contribution is -2.54. The fourth-order valence-electron chi connectivity index (χ4n) is 4.65. The minimum absolute atomic E-state index is 0.0908. The third-order valence-electron chi connectivity index (χ3n) is 6.53. The number of hydrogen-bond acceptors (Lipinski definition) is 3. The van der Waals surface area contributed by atoms with Crippen LogP contribution >= 0.6 is 15.9 Å². The molecule has 1 saturated heterocycles. The molecule has 0 spiro atoms. The third-order valence-corrected chi connectivity index (χ3v) is 7.06. The maximum Gasteiger partial charge on any atom is 0.411 e. The molecule has 1 heterocycles. The number of carbonyl (C=O) groups is 2. The third kappa shape index (κ3) is 5.01. The predicted octanol–water partition coefficient (Wildman–Crippen LogP) is 5.94. The first kappa shape index (κ1) is 22.8. The summed E-state index contributed by atoms with van der Waals surface area (Å²) in [4.78, 5) is 27.5. The fraction of sp³-hybridized carbons (Fsp3) is 0.462. The average Bonchev–Trinajstić information content (AvgIpc) is 3.59. The van der Waals surface area contributed by atoms with Gasteiger partial charge in [-0.05, 0) is 56.9 Å². The van der Waals surface area contributed by atoms with Crippen LogP contribution in [0.15, 0.2) is 59.1 Å². The van der Waals surface area contributed by atoms with E-state index < -0.39 is 11.1 Å². The van der Waals surface area contributed by atoms with Crippen LogP contribution < -0.4 is 5.32 Å². The van der Waals surface area contributed by atoms with E-state index in [4.69, 9.17) is 4.74 Å². The molecule has 2 amide bonds. The van der Waals surface area contributed by atoms with Gasteiger partial charge in [-0.15, -0.1) is 0 Å². The van der Waals surface area contributed by atoms with Gasteiger partial charge in [-0.2, -0.15) is 0 Å². The van der Waals surface area contributed by atoms with E-state index in [2.05, 4.69) is 21.2 Å². The van der Waals surface area contributed by atoms with Gasteiger partial charge in [-0.3, -0.25) is 4.79 Å². The normalized spacial score (nSPS) is 22.2. The van der Waals surface area contributed by atoms with E-state index in [1.165, 1.54) is 0 Å². The van der Waals surface area contributed by atoms with Gasteiger partial charge in [-0.25, -0.2) is 4.79 Å². The molecule has 1 saturated carbocycles. The van der Waals surface area contributed by atoms with Crippen LogP contribution in [0.1, 0.15) is 63.6 Å². The SMILES string of the molecule is C[C@@H](c1ccc(Br)cc1)N1CC[C@](CC(C)(C)NC(=O)C2CC2)(c2ccccc2)OC1=O. The molecule has 1 aliphatic carbocycles. The smallest absolute Gasteiger partial charge is 0.411 e. The Morgan fingerprint density at radius 3 is 2.44 bits per heavy atom. The van der Waals surface area contributed by atoms with Gasteiger partial charge in [0.2, 0.25) is 5.91 Å². The topological polar surface area (TPSA) is 58.6 Å². The monoisotopic (exact) mass is 498 g/mol. The summed E-state index contributed by atoms with van der Waals surface area (Å²) in [6.45, 7) is 6.64. The summed E-state index contributed by atoms with van der Waals surface area (Å²) in [7, 11) is 0. The van der Waals surface area contributed by atoms with Crippen molar-refractivity contribution in [1.82, 2.24) is 10.2 Å². The lowest BCUT2D eigenvalue weighted by atomic mass is 9.78. The predicted molar refractivity (Wildman–Crippen MR) is 128 cm³/mol. The summed E-state index contributed by atoms with van der Waals surface area (Å²) >= 11 is 3.47. The molecule has 6 heteroatoms. The second kappa shape index (κ2) is 8.89. The maximum atomic E-state index is 13.3. The number of benzene rings is 2. The first-order valence-corrected chi connectivity index (χ1v) is 12.1. The van der Waals surface area contributed by atoms with Crippen molar-refractivity contribution in [2.75, 3.05) is 6.54 Å². The number of nitrogens with one attached hydrogen (secondary N) is 1. The molecule has 32 heavy (non-hydrogen) atoms. The lowest BCUT2D eigenvalue weighted by molar-refractivity contribution is -0.125. The Morgan fingerprint density at radius 2 is 1.84 bits per heavy atom. The Morgan fingerprint density at radius 1 is 1.19 bits per heavy atom. The lowest BCUT2D eigenvalue weighted by Gasteiger charge is -2.46. The first-order valence-electron chi connectivity index (χ1n) is 11.3. The molecule has 170 valence electrons. The number of cyclic esters (lactones) is 1. The van der Waals surface area contributed by atoms with Crippen LogP contribution in [-0.4, -0.2) is 29.0 Å². The largest absolute Gasteiger partial charge is 0.438 e. The highest BCUT2D eigenvalue weighted by Crippen LogP contribution is 2.42. The molecule has 0 unspecified atom stereocenters. The van der Waals surface area contributed by atoms with Crippen LogP contribution in [0.2, 0.25) is 0 Å². The molecule has 0 aromatic heterocycles. The van der Waals surface area contributed by atoms with Crippen molar-refractivity contribution in [1.29, 1.82) is 0 Å². The standard InChI is InChI=1S/C26H31BrN2O3/c1-18(19-11-13-22(27)14-12-19)29-16-15-26(32-24(29)31,21-7-5-4-6-8-21)17-25(2,3)28-23(30)20-9-10-20/h4-8,11-14,18,20H,9-10,15-17H2,1-3H3,(H,28,30)/t18-,26-/m0/s1. The van der Waals surface area contributed by atoms with Gasteiger partial charge in [0.05, 0.1) is 6.04 Å². The summed E-state index contributed by atoms with van der Waals surface area (Å²) in [6, 6.07) is 17.9. The van der Waals surface area contributed by atoms with Crippen LogP contribution in [0, 0.1) is 5.92 Å². The Bertz CT molecular complexity index is 972. The van der Waals surface area contributed by atoms with Gasteiger partial charge in [0, 0.05) is 35.3 Å². The van der Waals surface area contributed by atoms with Crippen LogP contribution in [-0.2, 0) is 15.1 Å². The van der Waals surface area contributed by atoms with Gasteiger partial charge in [-0.1, -0.05) is 58.4 Å². The maximum absolute atomic E-state index is 13.3. The van der Waals surface area contributed by atoms with Gasteiger partial charge in [0.15, 0.2) is 0 Å². The number of nitrogens with zero attached hydrogens (tertiary/aromatic N) is 1. The average molecular weight is 499 g/mol. The minimum atomic E-state index is -0.783. The van der Waals surface area contributed by atoms with E-state index in [-0.39, 0.29) is 24.0 Å². The zero-order valence-corrected chi connectivity index (χ0v) is 20.5. The summed E-state index contributed by atoms with van der Waals surface area (Å²) in [5.74, 6) is 0.240. The number of ether oxygens (including phenoxy) is 1. The van der Waals surface area contributed by atoms with Crippen LogP contribution in [0.25, 0.3) is 0 Å². The molecule has 2 atom stereocenters. The Hall–Kier alpha value is -2.34. The molecule has 5 nitrogen and oxygen atoms in total. The van der Waals surface area contributed by atoms with Crippen molar-refractivity contribution in [3.8, 4) is 0 Å². The molecule has 0 radical (unpaired) electrons. The first-order chi connectivity index (χ1) is 15.2. The second-order valence-corrected chi connectivity index (χ2v) is 10.6. The van der Waals surface area contributed by atoms with Crippen LogP contribution in [0.3, 0.4) is 0 Å². The number of amides is 2. The van der Waals surface area contributed by atoms with Crippen molar-refractivity contribution >= 4 is 27.9 Å². The highest BCUT2D eigenvalue weighted by atomic mass is 79.9. The van der Waals surface area contributed by atoms with Crippen molar-refractivity contribution in [2.45, 2.75) is 63.6 Å². The Labute approximate surface area is 198 Å². The summed E-state index contributed by atoms with van der Waals surface area (Å²) in [5, 5.41) is 3.19. The van der Waals surface area contributed by atoms with Gasteiger partial charge in [0.25, 0.3) is 0 Å². The number of hydrogen-bond donors (Lipinski definition) is 1. The van der Waals surface area contributed by atoms with Gasteiger partial charge >= 0.3 is 6.09 Å². The highest BCUT2D eigenvalue weighted by Gasteiger charge is 2.47. The molecule has 1 aliphatic heterocycles. The van der Waals surface area contributed by atoms with Crippen molar-refractivity contribution in [3.63, 3.8) is 0 Å². The molecular weight excluding hydrogens is 468 g/mol. The zero-order chi connectivity index (χ0) is 22.9. The number of halogens is 1. The van der Waals surface area contributed by atoms with E-state index in [9.17, 15) is 9.59 Å². The minimum Gasteiger partial charge on any atom is -0.438 e. The molecule has 2 aliphatic rings. The number of carbonyl (C=O) groups excluding carboxylic acids is 2. The second-order valence-electron chi connectivity index (χ2n) is 9.72. The van der Waals surface area contributed by atoms with E-state index in [0.717, 1.165) is 28.4 Å². The Kier molecular flexibility index (Phi) is 6.35. The summed E-state index contributed by atoms with van der Waals surface area (Å²) in [6.07, 6.45) is 2.79. The fourth-order valence-corrected chi connectivity index (χ4v) is 4.92.